The number of rotatable bonds is 4. The molecular weight excluding hydrogens is 236 g/mol. The van der Waals surface area contributed by atoms with Gasteiger partial charge in [-0.25, -0.2) is 4.98 Å². The number of hydrogen-bond acceptors (Lipinski definition) is 3. The maximum absolute atomic E-state index is 4.29. The molecule has 0 saturated carbocycles. The molecule has 0 fully saturated rings. The first-order chi connectivity index (χ1) is 9.34. The summed E-state index contributed by atoms with van der Waals surface area (Å²) in [5.74, 6) is 0. The largest absolute Gasteiger partial charge is 0.346 e. The molecule has 3 aromatic rings. The molecule has 0 saturated heterocycles. The lowest BCUT2D eigenvalue weighted by atomic mass is 10.1. The van der Waals surface area contributed by atoms with E-state index in [1.54, 1.807) is 6.20 Å². The Morgan fingerprint density at radius 1 is 1.16 bits per heavy atom. The Labute approximate surface area is 111 Å². The van der Waals surface area contributed by atoms with Crippen LogP contribution in [0.1, 0.15) is 16.7 Å². The van der Waals surface area contributed by atoms with Gasteiger partial charge >= 0.3 is 0 Å². The maximum atomic E-state index is 4.29. The third-order valence-electron chi connectivity index (χ3n) is 3.32. The van der Waals surface area contributed by atoms with E-state index in [9.17, 15) is 0 Å². The van der Waals surface area contributed by atoms with Crippen molar-refractivity contribution in [2.75, 3.05) is 0 Å². The van der Waals surface area contributed by atoms with E-state index in [0.29, 0.717) is 0 Å². The molecule has 0 aliphatic rings. The van der Waals surface area contributed by atoms with Crippen molar-refractivity contribution < 1.29 is 0 Å². The van der Waals surface area contributed by atoms with Crippen molar-refractivity contribution in [1.82, 2.24) is 20.3 Å². The summed E-state index contributed by atoms with van der Waals surface area (Å²) in [6.45, 7) is 3.75. The third kappa shape index (κ3) is 2.48. The minimum atomic E-state index is 0.819. The summed E-state index contributed by atoms with van der Waals surface area (Å²) in [4.78, 5) is 11.6. The maximum Gasteiger partial charge on any atom is 0.137 e. The minimum absolute atomic E-state index is 0.819. The molecule has 0 bridgehead atoms. The summed E-state index contributed by atoms with van der Waals surface area (Å²) < 4.78 is 0. The van der Waals surface area contributed by atoms with Gasteiger partial charge in [0.1, 0.15) is 5.65 Å². The standard InChI is InChI=1S/C15H16N4/c1-11-4-6-16-7-12(11)8-17-9-13-10-19-15-14(13)3-2-5-18-15/h2-7,10,17H,8-9H2,1H3,(H,18,19). The van der Waals surface area contributed by atoms with Gasteiger partial charge in [-0.2, -0.15) is 0 Å². The Kier molecular flexibility index (Phi) is 3.25. The number of H-pyrrole nitrogens is 1. The van der Waals surface area contributed by atoms with Gasteiger partial charge in [-0.3, -0.25) is 4.98 Å². The van der Waals surface area contributed by atoms with Crippen LogP contribution in [0.4, 0.5) is 0 Å². The van der Waals surface area contributed by atoms with E-state index < -0.39 is 0 Å². The fraction of sp³-hybridized carbons (Fsp3) is 0.200. The molecule has 0 unspecified atom stereocenters. The Balaban J connectivity index is 1.68. The zero-order valence-corrected chi connectivity index (χ0v) is 10.9. The van der Waals surface area contributed by atoms with Crippen molar-refractivity contribution in [3.63, 3.8) is 0 Å². The van der Waals surface area contributed by atoms with Crippen LogP contribution in [0.2, 0.25) is 0 Å². The zero-order chi connectivity index (χ0) is 13.1. The average Bonchev–Trinajstić information content (AvgIpc) is 2.85. The number of hydrogen-bond donors (Lipinski definition) is 2. The normalized spacial score (nSPS) is 11.0. The van der Waals surface area contributed by atoms with Crippen LogP contribution in [0.5, 0.6) is 0 Å². The third-order valence-corrected chi connectivity index (χ3v) is 3.32. The quantitative estimate of drug-likeness (QED) is 0.750. The second-order valence-electron chi connectivity index (χ2n) is 4.62. The Hall–Kier alpha value is -2.20. The number of fused-ring (bicyclic) bond motifs is 1. The van der Waals surface area contributed by atoms with E-state index in [0.717, 1.165) is 18.7 Å². The van der Waals surface area contributed by atoms with Crippen molar-refractivity contribution in [3.05, 3.63) is 59.7 Å². The first-order valence-electron chi connectivity index (χ1n) is 6.36. The fourth-order valence-corrected chi connectivity index (χ4v) is 2.17. The molecule has 19 heavy (non-hydrogen) atoms. The monoisotopic (exact) mass is 252 g/mol. The number of aryl methyl sites for hydroxylation is 1. The molecule has 0 amide bonds. The first kappa shape index (κ1) is 11.9. The summed E-state index contributed by atoms with van der Waals surface area (Å²) in [5, 5.41) is 4.63. The summed E-state index contributed by atoms with van der Waals surface area (Å²) in [6.07, 6.45) is 7.55. The second kappa shape index (κ2) is 5.20. The van der Waals surface area contributed by atoms with Crippen LogP contribution in [-0.2, 0) is 13.1 Å². The molecule has 0 aliphatic carbocycles. The Bertz CT molecular complexity index is 687. The number of nitrogens with zero attached hydrogens (tertiary/aromatic N) is 2. The van der Waals surface area contributed by atoms with Crippen LogP contribution in [0.25, 0.3) is 11.0 Å². The molecule has 3 rings (SSSR count). The van der Waals surface area contributed by atoms with Gasteiger partial charge in [0, 0.05) is 43.3 Å². The number of pyridine rings is 2. The summed E-state index contributed by atoms with van der Waals surface area (Å²) in [5.41, 5.74) is 4.69. The van der Waals surface area contributed by atoms with Gasteiger partial charge in [-0.1, -0.05) is 0 Å². The minimum Gasteiger partial charge on any atom is -0.346 e. The highest BCUT2D eigenvalue weighted by molar-refractivity contribution is 5.79. The summed E-state index contributed by atoms with van der Waals surface area (Å²) in [6, 6.07) is 6.09. The van der Waals surface area contributed by atoms with E-state index in [4.69, 9.17) is 0 Å². The van der Waals surface area contributed by atoms with Crippen LogP contribution in [0, 0.1) is 6.92 Å². The van der Waals surface area contributed by atoms with Gasteiger partial charge in [-0.05, 0) is 41.8 Å². The van der Waals surface area contributed by atoms with E-state index in [1.165, 1.54) is 22.1 Å². The molecule has 0 spiro atoms. The van der Waals surface area contributed by atoms with E-state index in [1.807, 2.05) is 30.7 Å². The van der Waals surface area contributed by atoms with Crippen LogP contribution in [-0.4, -0.2) is 15.0 Å². The first-order valence-corrected chi connectivity index (χ1v) is 6.36. The van der Waals surface area contributed by atoms with Crippen molar-refractivity contribution >= 4 is 11.0 Å². The molecule has 0 atom stereocenters. The van der Waals surface area contributed by atoms with E-state index >= 15 is 0 Å². The Morgan fingerprint density at radius 2 is 2.05 bits per heavy atom. The molecule has 96 valence electrons. The number of nitrogens with one attached hydrogen (secondary N) is 2. The van der Waals surface area contributed by atoms with Gasteiger partial charge in [0.2, 0.25) is 0 Å². The van der Waals surface area contributed by atoms with Gasteiger partial charge < -0.3 is 10.3 Å². The van der Waals surface area contributed by atoms with Crippen molar-refractivity contribution in [3.8, 4) is 0 Å². The number of aromatic amines is 1. The topological polar surface area (TPSA) is 53.6 Å². The fourth-order valence-electron chi connectivity index (χ4n) is 2.17. The van der Waals surface area contributed by atoms with Crippen LogP contribution in [0.3, 0.4) is 0 Å². The van der Waals surface area contributed by atoms with Gasteiger partial charge in [0.25, 0.3) is 0 Å². The lowest BCUT2D eigenvalue weighted by Gasteiger charge is -2.06. The molecule has 0 aliphatic heterocycles. The highest BCUT2D eigenvalue weighted by Crippen LogP contribution is 2.15. The molecule has 0 radical (unpaired) electrons. The average molecular weight is 252 g/mol. The predicted molar refractivity (Wildman–Crippen MR) is 75.6 cm³/mol. The molecule has 4 nitrogen and oxygen atoms in total. The lowest BCUT2D eigenvalue weighted by Crippen LogP contribution is -2.13. The molecule has 0 aromatic carbocycles. The molecular formula is C15H16N4. The van der Waals surface area contributed by atoms with Gasteiger partial charge in [-0.15, -0.1) is 0 Å². The van der Waals surface area contributed by atoms with Crippen molar-refractivity contribution in [2.24, 2.45) is 0 Å². The SMILES string of the molecule is Cc1ccncc1CNCc1c[nH]c2ncccc12. The van der Waals surface area contributed by atoms with E-state index in [-0.39, 0.29) is 0 Å². The lowest BCUT2D eigenvalue weighted by molar-refractivity contribution is 0.691. The molecule has 3 aromatic heterocycles. The zero-order valence-electron chi connectivity index (χ0n) is 10.9. The summed E-state index contributed by atoms with van der Waals surface area (Å²) in [7, 11) is 0. The molecule has 2 N–H and O–H groups in total. The van der Waals surface area contributed by atoms with Crippen LogP contribution < -0.4 is 5.32 Å². The molecule has 3 heterocycles. The number of aromatic nitrogens is 3. The second-order valence-corrected chi connectivity index (χ2v) is 4.62. The van der Waals surface area contributed by atoms with Crippen molar-refractivity contribution in [2.45, 2.75) is 20.0 Å². The molecule has 4 heteroatoms. The summed E-state index contributed by atoms with van der Waals surface area (Å²) >= 11 is 0. The smallest absolute Gasteiger partial charge is 0.137 e. The highest BCUT2D eigenvalue weighted by atomic mass is 14.9. The van der Waals surface area contributed by atoms with Gasteiger partial charge in [0.05, 0.1) is 0 Å². The van der Waals surface area contributed by atoms with Gasteiger partial charge in [0.15, 0.2) is 0 Å². The van der Waals surface area contributed by atoms with Crippen LogP contribution in [0.15, 0.2) is 43.0 Å². The van der Waals surface area contributed by atoms with Crippen molar-refractivity contribution in [1.29, 1.82) is 0 Å². The van der Waals surface area contributed by atoms with E-state index in [2.05, 4.69) is 33.3 Å². The van der Waals surface area contributed by atoms with Crippen LogP contribution >= 0.6 is 0 Å². The highest BCUT2D eigenvalue weighted by Gasteiger charge is 2.03. The predicted octanol–water partition coefficient (Wildman–Crippen LogP) is 2.56. The Morgan fingerprint density at radius 3 is 2.95 bits per heavy atom.